The number of nitrogens with two attached hydrogens (primary N) is 1. The predicted molar refractivity (Wildman–Crippen MR) is 131 cm³/mol. The molecule has 0 bridgehead atoms. The van der Waals surface area contributed by atoms with Gasteiger partial charge in [0.25, 0.3) is 0 Å². The van der Waals surface area contributed by atoms with Gasteiger partial charge >= 0.3 is 0 Å². The number of anilines is 2. The molecule has 0 aliphatic carbocycles. The summed E-state index contributed by atoms with van der Waals surface area (Å²) in [4.78, 5) is 12.6. The van der Waals surface area contributed by atoms with Crippen molar-refractivity contribution in [2.75, 3.05) is 23.9 Å². The van der Waals surface area contributed by atoms with Crippen molar-refractivity contribution in [3.8, 4) is 5.75 Å². The monoisotopic (exact) mass is 488 g/mol. The summed E-state index contributed by atoms with van der Waals surface area (Å²) in [6, 6.07) is 13.6. The molecule has 0 unspecified atom stereocenters. The maximum Gasteiger partial charge on any atom is 0.246 e. The van der Waals surface area contributed by atoms with Crippen molar-refractivity contribution in [1.29, 1.82) is 0 Å². The number of thioether (sulfide) groups is 1. The third-order valence-corrected chi connectivity index (χ3v) is 7.80. The number of hydrogen-bond donors (Lipinski definition) is 2. The van der Waals surface area contributed by atoms with Crippen LogP contribution in [0.15, 0.2) is 63.3 Å². The Morgan fingerprint density at radius 3 is 2.33 bits per heavy atom. The van der Waals surface area contributed by atoms with Gasteiger partial charge in [-0.2, -0.15) is 5.10 Å². The summed E-state index contributed by atoms with van der Waals surface area (Å²) in [6.07, 6.45) is 0. The second kappa shape index (κ2) is 10.3. The number of sulfone groups is 1. The minimum atomic E-state index is -3.95. The number of carbonyl (C=O) groups is 1. The number of hydrogen-bond acceptors (Lipinski definition) is 7. The SMILES string of the molecule is CCSc1nn(CC(=O)Nc2ccc(C(C)C)cc2)c(N)c1S(=O)(=O)c1ccc(OC)cc1. The van der Waals surface area contributed by atoms with Gasteiger partial charge in [0.05, 0.1) is 12.0 Å². The molecular formula is C23H28N4O4S2. The van der Waals surface area contributed by atoms with Crippen molar-refractivity contribution < 1.29 is 17.9 Å². The molecule has 0 aliphatic heterocycles. The van der Waals surface area contributed by atoms with Crippen LogP contribution in [0.5, 0.6) is 5.75 Å². The van der Waals surface area contributed by atoms with Gasteiger partial charge in [0.2, 0.25) is 15.7 Å². The Bertz CT molecular complexity index is 1220. The molecule has 176 valence electrons. The zero-order valence-electron chi connectivity index (χ0n) is 19.0. The molecule has 1 heterocycles. The molecule has 0 saturated heterocycles. The van der Waals surface area contributed by atoms with E-state index in [1.54, 1.807) is 12.1 Å². The minimum absolute atomic E-state index is 0.0715. The van der Waals surface area contributed by atoms with E-state index in [0.717, 1.165) is 0 Å². The molecule has 3 aromatic rings. The fourth-order valence-corrected chi connectivity index (χ4v) is 5.75. The fraction of sp³-hybridized carbons (Fsp3) is 0.304. The van der Waals surface area contributed by atoms with Gasteiger partial charge < -0.3 is 15.8 Å². The van der Waals surface area contributed by atoms with Gasteiger partial charge in [0.15, 0.2) is 0 Å². The molecule has 1 aromatic heterocycles. The molecule has 8 nitrogen and oxygen atoms in total. The molecule has 0 spiro atoms. The van der Waals surface area contributed by atoms with E-state index in [9.17, 15) is 13.2 Å². The van der Waals surface area contributed by atoms with Gasteiger partial charge in [-0.1, -0.05) is 32.9 Å². The Kier molecular flexibility index (Phi) is 7.70. The first-order chi connectivity index (χ1) is 15.7. The second-order valence-corrected chi connectivity index (χ2v) is 10.8. The molecule has 2 aromatic carbocycles. The molecule has 10 heteroatoms. The van der Waals surface area contributed by atoms with Gasteiger partial charge in [-0.05, 0) is 53.6 Å². The van der Waals surface area contributed by atoms with Crippen LogP contribution in [0, 0.1) is 0 Å². The lowest BCUT2D eigenvalue weighted by Gasteiger charge is -2.09. The highest BCUT2D eigenvalue weighted by molar-refractivity contribution is 8.00. The number of carbonyl (C=O) groups excluding carboxylic acids is 1. The number of aromatic nitrogens is 2. The Balaban J connectivity index is 1.88. The average Bonchev–Trinajstić information content (AvgIpc) is 3.09. The van der Waals surface area contributed by atoms with E-state index >= 15 is 0 Å². The number of amides is 1. The second-order valence-electron chi connectivity index (χ2n) is 7.61. The van der Waals surface area contributed by atoms with Crippen LogP contribution >= 0.6 is 11.8 Å². The molecule has 33 heavy (non-hydrogen) atoms. The summed E-state index contributed by atoms with van der Waals surface area (Å²) in [7, 11) is -2.45. The van der Waals surface area contributed by atoms with Crippen molar-refractivity contribution in [1.82, 2.24) is 9.78 Å². The van der Waals surface area contributed by atoms with E-state index in [0.29, 0.717) is 23.1 Å². The van der Waals surface area contributed by atoms with Crippen molar-refractivity contribution >= 4 is 39.0 Å². The Labute approximate surface area is 198 Å². The van der Waals surface area contributed by atoms with Crippen molar-refractivity contribution in [3.63, 3.8) is 0 Å². The van der Waals surface area contributed by atoms with Crippen LogP contribution in [0.2, 0.25) is 0 Å². The molecule has 0 aliphatic rings. The largest absolute Gasteiger partial charge is 0.497 e. The minimum Gasteiger partial charge on any atom is -0.497 e. The molecule has 0 radical (unpaired) electrons. The quantitative estimate of drug-likeness (QED) is 0.434. The zero-order chi connectivity index (χ0) is 24.2. The van der Waals surface area contributed by atoms with Crippen molar-refractivity contribution in [2.45, 2.75) is 48.1 Å². The number of nitrogen functional groups attached to an aromatic ring is 1. The third-order valence-electron chi connectivity index (χ3n) is 4.99. The van der Waals surface area contributed by atoms with Crippen LogP contribution in [0.3, 0.4) is 0 Å². The van der Waals surface area contributed by atoms with Crippen LogP contribution in [-0.4, -0.2) is 37.0 Å². The molecule has 0 atom stereocenters. The normalized spacial score (nSPS) is 11.5. The molecular weight excluding hydrogens is 460 g/mol. The van der Waals surface area contributed by atoms with E-state index in [1.165, 1.54) is 41.2 Å². The standard InChI is InChI=1S/C23H28N4O4S2/c1-5-32-23-21(33(29,30)19-12-10-18(31-4)11-13-19)22(24)27(26-23)14-20(28)25-17-8-6-16(7-9-17)15(2)3/h6-13,15H,5,14,24H2,1-4H3,(H,25,28). The summed E-state index contributed by atoms with van der Waals surface area (Å²) >= 11 is 1.25. The Hall–Kier alpha value is -2.98. The van der Waals surface area contributed by atoms with Crippen LogP contribution in [0.4, 0.5) is 11.5 Å². The highest BCUT2D eigenvalue weighted by Gasteiger charge is 2.30. The van der Waals surface area contributed by atoms with E-state index < -0.39 is 9.84 Å². The number of nitrogens with one attached hydrogen (secondary N) is 1. The summed E-state index contributed by atoms with van der Waals surface area (Å²) in [6.45, 7) is 5.86. The van der Waals surface area contributed by atoms with Crippen LogP contribution in [-0.2, 0) is 21.2 Å². The van der Waals surface area contributed by atoms with Crippen LogP contribution < -0.4 is 15.8 Å². The number of rotatable bonds is 9. The van der Waals surface area contributed by atoms with Crippen LogP contribution in [0.25, 0.3) is 0 Å². The molecule has 0 fully saturated rings. The maximum absolute atomic E-state index is 13.3. The van der Waals surface area contributed by atoms with Gasteiger partial charge in [-0.3, -0.25) is 4.79 Å². The van der Waals surface area contributed by atoms with E-state index in [4.69, 9.17) is 10.5 Å². The third kappa shape index (κ3) is 5.51. The molecule has 3 N–H and O–H groups in total. The lowest BCUT2D eigenvalue weighted by atomic mass is 10.0. The first-order valence-corrected chi connectivity index (χ1v) is 12.9. The molecule has 0 saturated carbocycles. The highest BCUT2D eigenvalue weighted by atomic mass is 32.2. The van der Waals surface area contributed by atoms with Gasteiger partial charge in [0, 0.05) is 5.69 Å². The van der Waals surface area contributed by atoms with Gasteiger partial charge in [0.1, 0.15) is 28.0 Å². The molecule has 3 rings (SSSR count). The lowest BCUT2D eigenvalue weighted by molar-refractivity contribution is -0.116. The van der Waals surface area contributed by atoms with Gasteiger partial charge in [-0.15, -0.1) is 11.8 Å². The number of ether oxygens (including phenoxy) is 1. The van der Waals surface area contributed by atoms with E-state index in [-0.39, 0.29) is 33.1 Å². The summed E-state index contributed by atoms with van der Waals surface area (Å²) in [5.41, 5.74) is 8.02. The number of methoxy groups -OCH3 is 1. The summed E-state index contributed by atoms with van der Waals surface area (Å²) < 4.78 is 33.0. The predicted octanol–water partition coefficient (Wildman–Crippen LogP) is 4.18. The van der Waals surface area contributed by atoms with Gasteiger partial charge in [-0.25, -0.2) is 13.1 Å². The Morgan fingerprint density at radius 2 is 1.79 bits per heavy atom. The maximum atomic E-state index is 13.3. The van der Waals surface area contributed by atoms with E-state index in [1.807, 2.05) is 31.2 Å². The summed E-state index contributed by atoms with van der Waals surface area (Å²) in [5, 5.41) is 7.40. The smallest absolute Gasteiger partial charge is 0.246 e. The molecule has 1 amide bonds. The first kappa shape index (κ1) is 24.7. The number of benzene rings is 2. The average molecular weight is 489 g/mol. The number of nitrogens with zero attached hydrogens (tertiary/aromatic N) is 2. The van der Waals surface area contributed by atoms with Crippen molar-refractivity contribution in [2.24, 2.45) is 0 Å². The fourth-order valence-electron chi connectivity index (χ4n) is 3.20. The van der Waals surface area contributed by atoms with E-state index in [2.05, 4.69) is 24.3 Å². The lowest BCUT2D eigenvalue weighted by Crippen LogP contribution is -2.21. The Morgan fingerprint density at radius 1 is 1.15 bits per heavy atom. The first-order valence-electron chi connectivity index (χ1n) is 10.4. The van der Waals surface area contributed by atoms with Crippen molar-refractivity contribution in [3.05, 3.63) is 54.1 Å². The zero-order valence-corrected chi connectivity index (χ0v) is 20.7. The highest BCUT2D eigenvalue weighted by Crippen LogP contribution is 2.35. The van der Waals surface area contributed by atoms with Crippen LogP contribution in [0.1, 0.15) is 32.3 Å². The topological polar surface area (TPSA) is 116 Å². The summed E-state index contributed by atoms with van der Waals surface area (Å²) in [5.74, 6) is 1.09.